The van der Waals surface area contributed by atoms with E-state index in [4.69, 9.17) is 0 Å². The third-order valence-corrected chi connectivity index (χ3v) is 3.04. The van der Waals surface area contributed by atoms with Crippen LogP contribution in [0.3, 0.4) is 0 Å². The van der Waals surface area contributed by atoms with Gasteiger partial charge in [-0.15, -0.1) is 0 Å². The Morgan fingerprint density at radius 1 is 1.00 bits per heavy atom. The highest BCUT2D eigenvalue weighted by Crippen LogP contribution is 2.07. The van der Waals surface area contributed by atoms with E-state index in [1.807, 2.05) is 0 Å². The molecule has 0 aliphatic carbocycles. The van der Waals surface area contributed by atoms with Gasteiger partial charge < -0.3 is 10.6 Å². The van der Waals surface area contributed by atoms with Crippen LogP contribution in [-0.4, -0.2) is 24.4 Å². The van der Waals surface area contributed by atoms with Gasteiger partial charge in [0.1, 0.15) is 0 Å². The van der Waals surface area contributed by atoms with Gasteiger partial charge in [0.25, 0.3) is 0 Å². The summed E-state index contributed by atoms with van der Waals surface area (Å²) in [7, 11) is 0. The first kappa shape index (κ1) is 17.9. The summed E-state index contributed by atoms with van der Waals surface area (Å²) in [5.41, 5.74) is 0. The lowest BCUT2D eigenvalue weighted by Gasteiger charge is -2.15. The van der Waals surface area contributed by atoms with Crippen LogP contribution in [0.25, 0.3) is 0 Å². The molecule has 0 radical (unpaired) electrons. The van der Waals surface area contributed by atoms with Crippen LogP contribution in [0.4, 0.5) is 0 Å². The standard InChI is InChI=1S/C15H30N2O2/c1-12(2)9-10-13(3)17-15(19)8-6-5-7-11-16-14(4)18/h12-13H,5-11H2,1-4H3,(H,16,18)(H,17,19). The Labute approximate surface area is 117 Å². The highest BCUT2D eigenvalue weighted by atomic mass is 16.2. The summed E-state index contributed by atoms with van der Waals surface area (Å²) in [6.45, 7) is 8.69. The van der Waals surface area contributed by atoms with Crippen molar-refractivity contribution in [1.29, 1.82) is 0 Å². The normalized spacial score (nSPS) is 12.3. The molecular formula is C15H30N2O2. The lowest BCUT2D eigenvalue weighted by Crippen LogP contribution is -2.32. The Morgan fingerprint density at radius 3 is 2.26 bits per heavy atom. The van der Waals surface area contributed by atoms with Gasteiger partial charge in [0.15, 0.2) is 0 Å². The second kappa shape index (κ2) is 10.8. The van der Waals surface area contributed by atoms with Crippen molar-refractivity contribution in [3.05, 3.63) is 0 Å². The number of hydrogen-bond acceptors (Lipinski definition) is 2. The lowest BCUT2D eigenvalue weighted by atomic mass is 10.0. The van der Waals surface area contributed by atoms with Crippen LogP contribution in [0.1, 0.15) is 66.2 Å². The zero-order chi connectivity index (χ0) is 14.7. The summed E-state index contributed by atoms with van der Waals surface area (Å²) in [6, 6.07) is 0.272. The zero-order valence-electron chi connectivity index (χ0n) is 12.9. The fourth-order valence-electron chi connectivity index (χ4n) is 1.85. The molecule has 0 aliphatic rings. The summed E-state index contributed by atoms with van der Waals surface area (Å²) in [6.07, 6.45) is 5.60. The Hall–Kier alpha value is -1.06. The topological polar surface area (TPSA) is 58.2 Å². The van der Waals surface area contributed by atoms with Gasteiger partial charge in [-0.25, -0.2) is 0 Å². The molecule has 0 rings (SSSR count). The van der Waals surface area contributed by atoms with Crippen LogP contribution in [0.15, 0.2) is 0 Å². The van der Waals surface area contributed by atoms with E-state index in [1.165, 1.54) is 6.92 Å². The highest BCUT2D eigenvalue weighted by molar-refractivity contribution is 5.76. The summed E-state index contributed by atoms with van der Waals surface area (Å²) in [5.74, 6) is 0.848. The van der Waals surface area contributed by atoms with Crippen LogP contribution in [-0.2, 0) is 9.59 Å². The van der Waals surface area contributed by atoms with Crippen LogP contribution in [0, 0.1) is 5.92 Å². The maximum atomic E-state index is 11.7. The van der Waals surface area contributed by atoms with Gasteiger partial charge >= 0.3 is 0 Å². The van der Waals surface area contributed by atoms with E-state index in [1.54, 1.807) is 0 Å². The van der Waals surface area contributed by atoms with Crippen molar-refractivity contribution in [1.82, 2.24) is 10.6 Å². The monoisotopic (exact) mass is 270 g/mol. The first-order valence-corrected chi connectivity index (χ1v) is 7.45. The quantitative estimate of drug-likeness (QED) is 0.600. The molecule has 4 heteroatoms. The number of rotatable bonds is 10. The van der Waals surface area contributed by atoms with Gasteiger partial charge in [-0.2, -0.15) is 0 Å². The van der Waals surface area contributed by atoms with Gasteiger partial charge in [0.2, 0.25) is 11.8 Å². The Kier molecular flexibility index (Phi) is 10.2. The molecular weight excluding hydrogens is 240 g/mol. The van der Waals surface area contributed by atoms with Crippen molar-refractivity contribution in [3.63, 3.8) is 0 Å². The lowest BCUT2D eigenvalue weighted by molar-refractivity contribution is -0.122. The minimum atomic E-state index is 0.0109. The number of amides is 2. The van der Waals surface area contributed by atoms with E-state index in [9.17, 15) is 9.59 Å². The smallest absolute Gasteiger partial charge is 0.220 e. The molecule has 0 heterocycles. The van der Waals surface area contributed by atoms with E-state index in [-0.39, 0.29) is 17.9 Å². The fraction of sp³-hybridized carbons (Fsp3) is 0.867. The van der Waals surface area contributed by atoms with Crippen molar-refractivity contribution < 1.29 is 9.59 Å². The third-order valence-electron chi connectivity index (χ3n) is 3.04. The van der Waals surface area contributed by atoms with Crippen molar-refractivity contribution >= 4 is 11.8 Å². The SMILES string of the molecule is CC(=O)NCCCCCC(=O)NC(C)CCC(C)C. The predicted octanol–water partition coefficient (Wildman–Crippen LogP) is 2.62. The van der Waals surface area contributed by atoms with E-state index in [0.717, 1.165) is 32.1 Å². The van der Waals surface area contributed by atoms with Crippen LogP contribution in [0.5, 0.6) is 0 Å². The molecule has 0 fully saturated rings. The first-order valence-electron chi connectivity index (χ1n) is 7.45. The maximum Gasteiger partial charge on any atom is 0.220 e. The maximum absolute atomic E-state index is 11.7. The average molecular weight is 270 g/mol. The van der Waals surface area contributed by atoms with E-state index in [2.05, 4.69) is 31.4 Å². The number of unbranched alkanes of at least 4 members (excludes halogenated alkanes) is 2. The molecule has 0 aromatic heterocycles. The largest absolute Gasteiger partial charge is 0.356 e. The van der Waals surface area contributed by atoms with Gasteiger partial charge in [-0.05, 0) is 38.5 Å². The Balaban J connectivity index is 3.45. The van der Waals surface area contributed by atoms with Crippen molar-refractivity contribution in [3.8, 4) is 0 Å². The number of carbonyl (C=O) groups is 2. The molecule has 0 aliphatic heterocycles. The number of carbonyl (C=O) groups excluding carboxylic acids is 2. The van der Waals surface area contributed by atoms with E-state index in [0.29, 0.717) is 18.9 Å². The molecule has 2 amide bonds. The summed E-state index contributed by atoms with van der Waals surface area (Å²) < 4.78 is 0. The van der Waals surface area contributed by atoms with Crippen molar-refractivity contribution in [2.24, 2.45) is 5.92 Å². The third kappa shape index (κ3) is 13.2. The summed E-state index contributed by atoms with van der Waals surface area (Å²) in [5, 5.41) is 5.79. The predicted molar refractivity (Wildman–Crippen MR) is 78.8 cm³/mol. The number of hydrogen-bond donors (Lipinski definition) is 2. The molecule has 1 unspecified atom stereocenters. The molecule has 0 saturated heterocycles. The van der Waals surface area contributed by atoms with E-state index < -0.39 is 0 Å². The minimum absolute atomic E-state index is 0.0109. The molecule has 1 atom stereocenters. The van der Waals surface area contributed by atoms with Gasteiger partial charge in [0, 0.05) is 25.9 Å². The molecule has 0 aromatic rings. The number of nitrogens with one attached hydrogen (secondary N) is 2. The Morgan fingerprint density at radius 2 is 1.68 bits per heavy atom. The fourth-order valence-corrected chi connectivity index (χ4v) is 1.85. The minimum Gasteiger partial charge on any atom is -0.356 e. The molecule has 0 aromatic carbocycles. The molecule has 0 spiro atoms. The molecule has 19 heavy (non-hydrogen) atoms. The second-order valence-corrected chi connectivity index (χ2v) is 5.73. The first-order chi connectivity index (χ1) is 8.91. The Bertz CT molecular complexity index is 265. The van der Waals surface area contributed by atoms with Gasteiger partial charge in [-0.3, -0.25) is 9.59 Å². The van der Waals surface area contributed by atoms with E-state index >= 15 is 0 Å². The molecule has 0 saturated carbocycles. The molecule has 2 N–H and O–H groups in total. The van der Waals surface area contributed by atoms with Crippen LogP contribution >= 0.6 is 0 Å². The molecule has 0 bridgehead atoms. The summed E-state index contributed by atoms with van der Waals surface area (Å²) >= 11 is 0. The van der Waals surface area contributed by atoms with Crippen molar-refractivity contribution in [2.75, 3.05) is 6.54 Å². The van der Waals surface area contributed by atoms with Crippen LogP contribution in [0.2, 0.25) is 0 Å². The zero-order valence-corrected chi connectivity index (χ0v) is 12.9. The summed E-state index contributed by atoms with van der Waals surface area (Å²) in [4.78, 5) is 22.3. The second-order valence-electron chi connectivity index (χ2n) is 5.73. The molecule has 112 valence electrons. The van der Waals surface area contributed by atoms with Gasteiger partial charge in [-0.1, -0.05) is 20.3 Å². The van der Waals surface area contributed by atoms with Gasteiger partial charge in [0.05, 0.1) is 0 Å². The average Bonchev–Trinajstić information content (AvgIpc) is 2.30. The molecule has 4 nitrogen and oxygen atoms in total. The van der Waals surface area contributed by atoms with Crippen molar-refractivity contribution in [2.45, 2.75) is 72.3 Å². The van der Waals surface area contributed by atoms with Crippen LogP contribution < -0.4 is 10.6 Å². The highest BCUT2D eigenvalue weighted by Gasteiger charge is 2.07.